The predicted octanol–water partition coefficient (Wildman–Crippen LogP) is 3.18. The summed E-state index contributed by atoms with van der Waals surface area (Å²) >= 11 is 0. The molecule has 2 aliphatic rings. The van der Waals surface area contributed by atoms with Crippen molar-refractivity contribution < 1.29 is 14.4 Å². The van der Waals surface area contributed by atoms with Crippen molar-refractivity contribution in [3.63, 3.8) is 0 Å². The van der Waals surface area contributed by atoms with Crippen molar-refractivity contribution in [1.82, 2.24) is 4.90 Å². The molecule has 0 saturated carbocycles. The van der Waals surface area contributed by atoms with Crippen LogP contribution in [0.5, 0.6) is 0 Å². The van der Waals surface area contributed by atoms with Gasteiger partial charge in [0, 0.05) is 37.3 Å². The summed E-state index contributed by atoms with van der Waals surface area (Å²) in [5.74, 6) is -0.390. The second-order valence-electron chi connectivity index (χ2n) is 8.54. The molecule has 1 fully saturated rings. The molecule has 0 aromatic heterocycles. The van der Waals surface area contributed by atoms with Gasteiger partial charge in [-0.25, -0.2) is 4.90 Å². The predicted molar refractivity (Wildman–Crippen MR) is 112 cm³/mol. The molecule has 29 heavy (non-hydrogen) atoms. The summed E-state index contributed by atoms with van der Waals surface area (Å²) < 4.78 is 0. The first kappa shape index (κ1) is 19.2. The van der Waals surface area contributed by atoms with Crippen molar-refractivity contribution in [2.24, 2.45) is 5.41 Å². The van der Waals surface area contributed by atoms with Gasteiger partial charge in [-0.05, 0) is 36.4 Å². The first-order chi connectivity index (χ1) is 13.8. The minimum Gasteiger partial charge on any atom is -0.368 e. The molecule has 2 heterocycles. The lowest BCUT2D eigenvalue weighted by atomic mass is 9.94. The Morgan fingerprint density at radius 2 is 1.24 bits per heavy atom. The maximum Gasteiger partial charge on any atom is 0.266 e. The normalized spacial score (nSPS) is 17.0. The highest BCUT2D eigenvalue weighted by Crippen LogP contribution is 2.30. The summed E-state index contributed by atoms with van der Waals surface area (Å²) in [5.41, 5.74) is 2.12. The number of benzene rings is 2. The van der Waals surface area contributed by atoms with Crippen LogP contribution < -0.4 is 9.80 Å². The third kappa shape index (κ3) is 3.39. The highest BCUT2D eigenvalue weighted by Gasteiger charge is 2.36. The maximum atomic E-state index is 12.6. The second-order valence-corrected chi connectivity index (χ2v) is 8.54. The van der Waals surface area contributed by atoms with Gasteiger partial charge in [0.05, 0.1) is 16.8 Å². The number of amides is 3. The quantitative estimate of drug-likeness (QED) is 0.738. The largest absolute Gasteiger partial charge is 0.368 e. The molecule has 0 N–H and O–H groups in total. The number of carbonyl (C=O) groups excluding carboxylic acids is 3. The fourth-order valence-corrected chi connectivity index (χ4v) is 3.88. The van der Waals surface area contributed by atoms with Crippen molar-refractivity contribution in [2.45, 2.75) is 20.8 Å². The minimum absolute atomic E-state index is 0.179. The van der Waals surface area contributed by atoms with Crippen LogP contribution in [0.2, 0.25) is 0 Å². The highest BCUT2D eigenvalue weighted by molar-refractivity contribution is 6.34. The van der Waals surface area contributed by atoms with Crippen LogP contribution in [0.3, 0.4) is 0 Å². The number of rotatable bonds is 2. The smallest absolute Gasteiger partial charge is 0.266 e. The molecule has 0 bridgehead atoms. The van der Waals surface area contributed by atoms with E-state index in [2.05, 4.69) is 4.90 Å². The van der Waals surface area contributed by atoms with Gasteiger partial charge >= 0.3 is 0 Å². The Labute approximate surface area is 170 Å². The molecular formula is C23H25N3O3. The number of carbonyl (C=O) groups is 3. The molecular weight excluding hydrogens is 366 g/mol. The number of anilines is 2. The average Bonchev–Trinajstić information content (AvgIpc) is 2.98. The molecule has 4 rings (SSSR count). The van der Waals surface area contributed by atoms with Crippen LogP contribution in [0.15, 0.2) is 48.5 Å². The van der Waals surface area contributed by atoms with Crippen LogP contribution in [-0.4, -0.2) is 48.8 Å². The Bertz CT molecular complexity index is 933. The highest BCUT2D eigenvalue weighted by atomic mass is 16.2. The Morgan fingerprint density at radius 3 is 1.72 bits per heavy atom. The molecule has 0 radical (unpaired) electrons. The lowest BCUT2D eigenvalue weighted by molar-refractivity contribution is -0.139. The SMILES string of the molecule is CC(C)(C)C(=O)N1CCN(c2ccc(N3C(=O)c4ccccc4C3=O)cc2)CC1. The van der Waals surface area contributed by atoms with Crippen LogP contribution in [0, 0.1) is 5.41 Å². The van der Waals surface area contributed by atoms with E-state index in [-0.39, 0.29) is 23.1 Å². The molecule has 0 atom stereocenters. The van der Waals surface area contributed by atoms with Crippen LogP contribution in [0.4, 0.5) is 11.4 Å². The van der Waals surface area contributed by atoms with Gasteiger partial charge < -0.3 is 9.80 Å². The van der Waals surface area contributed by atoms with Gasteiger partial charge in [-0.3, -0.25) is 14.4 Å². The van der Waals surface area contributed by atoms with Crippen molar-refractivity contribution in [3.05, 3.63) is 59.7 Å². The molecule has 0 spiro atoms. The Morgan fingerprint density at radius 1 is 0.759 bits per heavy atom. The van der Waals surface area contributed by atoms with Gasteiger partial charge in [-0.2, -0.15) is 0 Å². The average molecular weight is 391 g/mol. The van der Waals surface area contributed by atoms with Crippen molar-refractivity contribution in [2.75, 3.05) is 36.0 Å². The molecule has 2 aromatic carbocycles. The van der Waals surface area contributed by atoms with E-state index in [4.69, 9.17) is 0 Å². The van der Waals surface area contributed by atoms with Gasteiger partial charge in [0.15, 0.2) is 0 Å². The summed E-state index contributed by atoms with van der Waals surface area (Å²) in [6, 6.07) is 14.4. The maximum absolute atomic E-state index is 12.6. The van der Waals surface area contributed by atoms with E-state index in [0.29, 0.717) is 29.9 Å². The zero-order chi connectivity index (χ0) is 20.8. The number of piperazine rings is 1. The molecule has 2 aliphatic heterocycles. The molecule has 0 unspecified atom stereocenters. The van der Waals surface area contributed by atoms with Gasteiger partial charge in [0.2, 0.25) is 5.91 Å². The molecule has 6 nitrogen and oxygen atoms in total. The lowest BCUT2D eigenvalue weighted by Gasteiger charge is -2.38. The van der Waals surface area contributed by atoms with Crippen LogP contribution in [0.25, 0.3) is 0 Å². The Kier molecular flexibility index (Phi) is 4.65. The molecule has 150 valence electrons. The van der Waals surface area contributed by atoms with Gasteiger partial charge in [0.25, 0.3) is 11.8 Å². The minimum atomic E-state index is -0.365. The van der Waals surface area contributed by atoms with E-state index < -0.39 is 0 Å². The van der Waals surface area contributed by atoms with E-state index >= 15 is 0 Å². The van der Waals surface area contributed by atoms with Gasteiger partial charge in [-0.15, -0.1) is 0 Å². The summed E-state index contributed by atoms with van der Waals surface area (Å²) in [7, 11) is 0. The third-order valence-electron chi connectivity index (χ3n) is 5.48. The second kappa shape index (κ2) is 7.03. The molecule has 1 saturated heterocycles. The summed E-state index contributed by atoms with van der Waals surface area (Å²) in [5, 5.41) is 0. The van der Waals surface area contributed by atoms with E-state index in [1.165, 1.54) is 4.90 Å². The zero-order valence-electron chi connectivity index (χ0n) is 17.0. The summed E-state index contributed by atoms with van der Waals surface area (Å²) in [4.78, 5) is 43.1. The fraction of sp³-hybridized carbons (Fsp3) is 0.348. The fourth-order valence-electron chi connectivity index (χ4n) is 3.88. The van der Waals surface area contributed by atoms with Crippen LogP contribution >= 0.6 is 0 Å². The number of imide groups is 1. The third-order valence-corrected chi connectivity index (χ3v) is 5.48. The van der Waals surface area contributed by atoms with Crippen molar-refractivity contribution in [3.8, 4) is 0 Å². The molecule has 0 aliphatic carbocycles. The first-order valence-corrected chi connectivity index (χ1v) is 9.89. The molecule has 3 amide bonds. The number of nitrogens with zero attached hydrogens (tertiary/aromatic N) is 3. The number of fused-ring (bicyclic) bond motifs is 1. The summed E-state index contributed by atoms with van der Waals surface area (Å²) in [6.45, 7) is 8.73. The van der Waals surface area contributed by atoms with E-state index in [1.54, 1.807) is 24.3 Å². The Hall–Kier alpha value is -3.15. The van der Waals surface area contributed by atoms with E-state index in [0.717, 1.165) is 18.8 Å². The monoisotopic (exact) mass is 391 g/mol. The van der Waals surface area contributed by atoms with Crippen LogP contribution in [-0.2, 0) is 4.79 Å². The molecule has 2 aromatic rings. The van der Waals surface area contributed by atoms with Crippen molar-refractivity contribution >= 4 is 29.1 Å². The van der Waals surface area contributed by atoms with Gasteiger partial charge in [0.1, 0.15) is 0 Å². The van der Waals surface area contributed by atoms with E-state index in [1.807, 2.05) is 49.9 Å². The first-order valence-electron chi connectivity index (χ1n) is 9.89. The van der Waals surface area contributed by atoms with Gasteiger partial charge in [-0.1, -0.05) is 32.9 Å². The lowest BCUT2D eigenvalue weighted by Crippen LogP contribution is -2.51. The van der Waals surface area contributed by atoms with Crippen LogP contribution in [0.1, 0.15) is 41.5 Å². The van der Waals surface area contributed by atoms with E-state index in [9.17, 15) is 14.4 Å². The number of hydrogen-bond acceptors (Lipinski definition) is 4. The molecule has 6 heteroatoms. The van der Waals surface area contributed by atoms with Crippen molar-refractivity contribution in [1.29, 1.82) is 0 Å². The number of hydrogen-bond donors (Lipinski definition) is 0. The Balaban J connectivity index is 1.46. The topological polar surface area (TPSA) is 60.9 Å². The standard InChI is InChI=1S/C23H25N3O3/c1-23(2,3)22(29)25-14-12-24(13-15-25)16-8-10-17(11-9-16)26-20(27)18-6-4-5-7-19(18)21(26)28/h4-11H,12-15H2,1-3H3. The zero-order valence-corrected chi connectivity index (χ0v) is 17.0. The summed E-state index contributed by atoms with van der Waals surface area (Å²) in [6.07, 6.45) is 0.